The summed E-state index contributed by atoms with van der Waals surface area (Å²) in [5.74, 6) is -0.372. The summed E-state index contributed by atoms with van der Waals surface area (Å²) in [5.41, 5.74) is -0.816. The molecule has 1 atom stereocenters. The minimum Gasteiger partial charge on any atom is -0.469 e. The molecule has 138 valence electrons. The lowest BCUT2D eigenvalue weighted by Gasteiger charge is -2.20. The van der Waals surface area contributed by atoms with Crippen molar-refractivity contribution in [1.82, 2.24) is 0 Å². The van der Waals surface area contributed by atoms with E-state index in [9.17, 15) is 14.7 Å². The number of ether oxygens (including phenoxy) is 1. The van der Waals surface area contributed by atoms with Gasteiger partial charge in [0.25, 0.3) is 0 Å². The van der Waals surface area contributed by atoms with Gasteiger partial charge >= 0.3 is 5.97 Å². The molecule has 0 aromatic carbocycles. The average Bonchev–Trinajstić information content (AvgIpc) is 2.89. The summed E-state index contributed by atoms with van der Waals surface area (Å²) in [4.78, 5) is 23.0. The van der Waals surface area contributed by atoms with Crippen LogP contribution in [0.15, 0.2) is 48.1 Å². The lowest BCUT2D eigenvalue weighted by atomic mass is 9.92. The number of carbonyl (C=O) groups excluding carboxylic acids is 2. The van der Waals surface area contributed by atoms with Gasteiger partial charge in [-0.25, -0.2) is 0 Å². The summed E-state index contributed by atoms with van der Waals surface area (Å²) in [6.45, 7) is 2.17. The average molecular weight is 346 g/mol. The van der Waals surface area contributed by atoms with E-state index < -0.39 is 5.60 Å². The lowest BCUT2D eigenvalue weighted by Crippen LogP contribution is -2.27. The molecule has 0 saturated heterocycles. The number of hydrogen-bond donors (Lipinski definition) is 1. The second kappa shape index (κ2) is 11.6. The number of aliphatic hydroxyl groups is 1. The number of hydrogen-bond acceptors (Lipinski definition) is 4. The van der Waals surface area contributed by atoms with E-state index >= 15 is 0 Å². The van der Waals surface area contributed by atoms with E-state index in [-0.39, 0.29) is 11.8 Å². The number of ketones is 1. The molecule has 0 bridgehead atoms. The van der Waals surface area contributed by atoms with E-state index in [0.717, 1.165) is 19.3 Å². The Kier molecular flexibility index (Phi) is 9.78. The lowest BCUT2D eigenvalue weighted by molar-refractivity contribution is -0.140. The zero-order valence-corrected chi connectivity index (χ0v) is 15.4. The molecule has 4 heteroatoms. The predicted molar refractivity (Wildman–Crippen MR) is 100 cm³/mol. The zero-order valence-electron chi connectivity index (χ0n) is 15.4. The minimum atomic E-state index is -1.21. The monoisotopic (exact) mass is 346 g/mol. The summed E-state index contributed by atoms with van der Waals surface area (Å²) in [7, 11) is 1.38. The maximum atomic E-state index is 12.0. The molecule has 0 saturated carbocycles. The summed E-state index contributed by atoms with van der Waals surface area (Å²) in [5, 5.41) is 10.7. The standard InChI is InChI=1S/C21H30O4/c1-3-4-5-6-9-12-16-21(24)17-15-19(22)18(21)13-10-7-8-11-14-20(23)25-2/h7,9-10,12-13,15,17,24H,3-6,8,11,14,16H2,1-2H3/b10-7+,12-9?,18-13?/t21-/m0/s1. The van der Waals surface area contributed by atoms with Crippen molar-refractivity contribution in [1.29, 1.82) is 0 Å². The summed E-state index contributed by atoms with van der Waals surface area (Å²) < 4.78 is 4.58. The molecule has 0 aromatic heterocycles. The first-order valence-electron chi connectivity index (χ1n) is 9.08. The summed E-state index contributed by atoms with van der Waals surface area (Å²) >= 11 is 0. The molecule has 25 heavy (non-hydrogen) atoms. The highest BCUT2D eigenvalue weighted by Gasteiger charge is 2.35. The Bertz CT molecular complexity index is 554. The minimum absolute atomic E-state index is 0.152. The molecule has 0 radical (unpaired) electrons. The molecule has 1 aliphatic carbocycles. The van der Waals surface area contributed by atoms with Crippen molar-refractivity contribution in [3.63, 3.8) is 0 Å². The molecule has 1 N–H and O–H groups in total. The third-order valence-electron chi connectivity index (χ3n) is 4.19. The Balaban J connectivity index is 2.51. The number of esters is 1. The van der Waals surface area contributed by atoms with Gasteiger partial charge in [0, 0.05) is 18.4 Å². The second-order valence-corrected chi connectivity index (χ2v) is 6.27. The van der Waals surface area contributed by atoms with Crippen molar-refractivity contribution in [2.75, 3.05) is 7.11 Å². The highest BCUT2D eigenvalue weighted by atomic mass is 16.5. The molecule has 0 amide bonds. The Morgan fingerprint density at radius 3 is 2.68 bits per heavy atom. The molecule has 0 aromatic rings. The van der Waals surface area contributed by atoms with Gasteiger partial charge in [-0.05, 0) is 37.8 Å². The van der Waals surface area contributed by atoms with E-state index in [4.69, 9.17) is 0 Å². The molecule has 4 nitrogen and oxygen atoms in total. The highest BCUT2D eigenvalue weighted by Crippen LogP contribution is 2.30. The number of carbonyl (C=O) groups is 2. The van der Waals surface area contributed by atoms with Crippen molar-refractivity contribution in [3.8, 4) is 0 Å². The molecule has 0 heterocycles. The maximum absolute atomic E-state index is 12.0. The fourth-order valence-corrected chi connectivity index (χ4v) is 2.63. The van der Waals surface area contributed by atoms with Crippen LogP contribution in [0.4, 0.5) is 0 Å². The molecule has 1 aliphatic rings. The Hall–Kier alpha value is -1.94. The van der Waals surface area contributed by atoms with Gasteiger partial charge in [-0.1, -0.05) is 50.1 Å². The topological polar surface area (TPSA) is 63.6 Å². The zero-order chi connectivity index (χ0) is 18.5. The maximum Gasteiger partial charge on any atom is 0.305 e. The summed E-state index contributed by atoms with van der Waals surface area (Å²) in [6.07, 6.45) is 19.1. The van der Waals surface area contributed by atoms with Crippen molar-refractivity contribution < 1.29 is 19.4 Å². The molecule has 0 spiro atoms. The van der Waals surface area contributed by atoms with Gasteiger partial charge in [-0.15, -0.1) is 0 Å². The van der Waals surface area contributed by atoms with Crippen LogP contribution < -0.4 is 0 Å². The van der Waals surface area contributed by atoms with Gasteiger partial charge in [0.15, 0.2) is 5.78 Å². The summed E-state index contributed by atoms with van der Waals surface area (Å²) in [6, 6.07) is 0. The number of methoxy groups -OCH3 is 1. The fourth-order valence-electron chi connectivity index (χ4n) is 2.63. The Morgan fingerprint density at radius 1 is 1.20 bits per heavy atom. The SMILES string of the molecule is CCCCCC=CC[C@]1(O)C=CC(=O)C1=C/C=C/CCCC(=O)OC. The molecule has 0 aliphatic heterocycles. The number of rotatable bonds is 11. The molecular weight excluding hydrogens is 316 g/mol. The van der Waals surface area contributed by atoms with Crippen LogP contribution in [-0.2, 0) is 14.3 Å². The van der Waals surface area contributed by atoms with E-state index in [1.807, 2.05) is 12.2 Å². The first-order valence-corrected chi connectivity index (χ1v) is 9.08. The van der Waals surface area contributed by atoms with Crippen molar-refractivity contribution in [2.24, 2.45) is 0 Å². The Labute approximate surface area is 151 Å². The largest absolute Gasteiger partial charge is 0.469 e. The quantitative estimate of drug-likeness (QED) is 0.263. The number of allylic oxidation sites excluding steroid dienone is 5. The second-order valence-electron chi connectivity index (χ2n) is 6.27. The van der Waals surface area contributed by atoms with Crippen LogP contribution >= 0.6 is 0 Å². The van der Waals surface area contributed by atoms with Gasteiger partial charge < -0.3 is 9.84 Å². The van der Waals surface area contributed by atoms with Crippen molar-refractivity contribution >= 4 is 11.8 Å². The van der Waals surface area contributed by atoms with Crippen LogP contribution in [0.5, 0.6) is 0 Å². The van der Waals surface area contributed by atoms with Gasteiger partial charge in [-0.2, -0.15) is 0 Å². The van der Waals surface area contributed by atoms with E-state index in [1.54, 1.807) is 18.2 Å². The van der Waals surface area contributed by atoms with Crippen molar-refractivity contribution in [2.45, 2.75) is 63.9 Å². The van der Waals surface area contributed by atoms with Crippen LogP contribution in [-0.4, -0.2) is 29.6 Å². The number of unbranched alkanes of at least 4 members (excludes halogenated alkanes) is 4. The van der Waals surface area contributed by atoms with E-state index in [0.29, 0.717) is 24.8 Å². The van der Waals surface area contributed by atoms with Gasteiger partial charge in [0.2, 0.25) is 0 Å². The van der Waals surface area contributed by atoms with Gasteiger partial charge in [0.1, 0.15) is 5.60 Å². The normalized spacial score (nSPS) is 21.9. The van der Waals surface area contributed by atoms with Gasteiger partial charge in [0.05, 0.1) is 7.11 Å². The molecule has 0 unspecified atom stereocenters. The molecular formula is C21H30O4. The van der Waals surface area contributed by atoms with Crippen LogP contribution in [0.2, 0.25) is 0 Å². The van der Waals surface area contributed by atoms with Crippen LogP contribution in [0.1, 0.15) is 58.3 Å². The first kappa shape index (κ1) is 21.1. The Morgan fingerprint density at radius 2 is 1.96 bits per heavy atom. The third-order valence-corrected chi connectivity index (χ3v) is 4.19. The third kappa shape index (κ3) is 7.65. The predicted octanol–water partition coefficient (Wildman–Crippen LogP) is 4.21. The molecule has 0 fully saturated rings. The first-order chi connectivity index (χ1) is 12.0. The highest BCUT2D eigenvalue weighted by molar-refractivity contribution is 6.09. The van der Waals surface area contributed by atoms with Crippen molar-refractivity contribution in [3.05, 3.63) is 48.1 Å². The van der Waals surface area contributed by atoms with Crippen LogP contribution in [0, 0.1) is 0 Å². The van der Waals surface area contributed by atoms with Gasteiger partial charge in [-0.3, -0.25) is 9.59 Å². The molecule has 1 rings (SSSR count). The van der Waals surface area contributed by atoms with Crippen LogP contribution in [0.25, 0.3) is 0 Å². The fraction of sp³-hybridized carbons (Fsp3) is 0.524. The smallest absolute Gasteiger partial charge is 0.305 e. The van der Waals surface area contributed by atoms with Crippen LogP contribution in [0.3, 0.4) is 0 Å². The van der Waals surface area contributed by atoms with E-state index in [1.165, 1.54) is 26.0 Å². The van der Waals surface area contributed by atoms with E-state index in [2.05, 4.69) is 17.7 Å².